The number of hydrogen-bond acceptors (Lipinski definition) is 3. The van der Waals surface area contributed by atoms with Gasteiger partial charge in [0.2, 0.25) is 0 Å². The van der Waals surface area contributed by atoms with Gasteiger partial charge >= 0.3 is 0 Å². The third-order valence-electron chi connectivity index (χ3n) is 2.80. The number of halogens is 2. The van der Waals surface area contributed by atoms with Gasteiger partial charge in [0.1, 0.15) is 17.3 Å². The second kappa shape index (κ2) is 5.48. The van der Waals surface area contributed by atoms with Crippen molar-refractivity contribution in [2.75, 3.05) is 5.32 Å². The minimum Gasteiger partial charge on any atom is -0.508 e. The highest BCUT2D eigenvalue weighted by Crippen LogP contribution is 2.33. The summed E-state index contributed by atoms with van der Waals surface area (Å²) in [6.45, 7) is 1.80. The summed E-state index contributed by atoms with van der Waals surface area (Å²) < 4.78 is 14.3. The predicted molar refractivity (Wildman–Crippen MR) is 75.9 cm³/mol. The maximum atomic E-state index is 13.7. The molecule has 0 aliphatic heterocycles. The molecule has 0 bridgehead atoms. The molecule has 0 amide bonds. The van der Waals surface area contributed by atoms with E-state index in [9.17, 15) is 14.6 Å². The number of anilines is 1. The average molecular weight is 326 g/mol. The van der Waals surface area contributed by atoms with Crippen molar-refractivity contribution < 1.29 is 14.6 Å². The van der Waals surface area contributed by atoms with Crippen LogP contribution in [0.1, 0.15) is 18.5 Å². The van der Waals surface area contributed by atoms with Gasteiger partial charge in [0.15, 0.2) is 0 Å². The summed E-state index contributed by atoms with van der Waals surface area (Å²) in [6.07, 6.45) is 0. The van der Waals surface area contributed by atoms with Crippen LogP contribution in [0.3, 0.4) is 0 Å². The van der Waals surface area contributed by atoms with E-state index < -0.39 is 0 Å². The number of nitrogens with one attached hydrogen (secondary N) is 1. The first-order valence-electron chi connectivity index (χ1n) is 5.71. The van der Waals surface area contributed by atoms with Crippen molar-refractivity contribution >= 4 is 21.6 Å². The Labute approximate surface area is 118 Å². The molecule has 0 aliphatic rings. The van der Waals surface area contributed by atoms with Crippen LogP contribution in [0.2, 0.25) is 0 Å². The van der Waals surface area contributed by atoms with Crippen LogP contribution < -0.4 is 5.32 Å². The summed E-state index contributed by atoms with van der Waals surface area (Å²) in [5.41, 5.74) is 0.912. The number of benzene rings is 2. The summed E-state index contributed by atoms with van der Waals surface area (Å²) in [7, 11) is 0. The van der Waals surface area contributed by atoms with Crippen LogP contribution in [0.15, 0.2) is 40.9 Å². The van der Waals surface area contributed by atoms with E-state index in [4.69, 9.17) is 0 Å². The van der Waals surface area contributed by atoms with Gasteiger partial charge in [-0.05, 0) is 47.1 Å². The number of rotatable bonds is 3. The topological polar surface area (TPSA) is 52.5 Å². The summed E-state index contributed by atoms with van der Waals surface area (Å²) in [6, 6.07) is 8.71. The monoisotopic (exact) mass is 325 g/mol. The minimum atomic E-state index is -0.375. The van der Waals surface area contributed by atoms with Gasteiger partial charge in [-0.1, -0.05) is 6.07 Å². The molecular weight excluding hydrogens is 313 g/mol. The van der Waals surface area contributed by atoms with Crippen molar-refractivity contribution in [2.45, 2.75) is 13.0 Å². The molecule has 2 aromatic carbocycles. The Bertz CT molecular complexity index is 584. The van der Waals surface area contributed by atoms with E-state index in [2.05, 4.69) is 21.2 Å². The van der Waals surface area contributed by atoms with Crippen LogP contribution in [-0.4, -0.2) is 10.2 Å². The Morgan fingerprint density at radius 3 is 2.58 bits per heavy atom. The molecule has 0 radical (unpaired) electrons. The van der Waals surface area contributed by atoms with Crippen molar-refractivity contribution in [3.63, 3.8) is 0 Å². The predicted octanol–water partition coefficient (Wildman–Crippen LogP) is 4.17. The molecule has 0 aliphatic carbocycles. The molecule has 1 atom stereocenters. The van der Waals surface area contributed by atoms with Gasteiger partial charge in [0.25, 0.3) is 0 Å². The summed E-state index contributed by atoms with van der Waals surface area (Å²) >= 11 is 3.27. The fourth-order valence-corrected chi connectivity index (χ4v) is 2.28. The Morgan fingerprint density at radius 1 is 1.21 bits per heavy atom. The Morgan fingerprint density at radius 2 is 1.95 bits per heavy atom. The molecule has 0 aromatic heterocycles. The second-order valence-electron chi connectivity index (χ2n) is 4.21. The van der Waals surface area contributed by atoms with Crippen molar-refractivity contribution in [1.29, 1.82) is 0 Å². The maximum absolute atomic E-state index is 13.7. The fraction of sp³-hybridized carbons (Fsp3) is 0.143. The quantitative estimate of drug-likeness (QED) is 0.793. The SMILES string of the molecule is CC(Nc1c(F)cccc1Br)c1ccc(O)cc1O. The smallest absolute Gasteiger partial charge is 0.147 e. The molecule has 0 saturated carbocycles. The fourth-order valence-electron chi connectivity index (χ4n) is 1.83. The molecule has 100 valence electrons. The molecule has 19 heavy (non-hydrogen) atoms. The van der Waals surface area contributed by atoms with E-state index in [0.717, 1.165) is 0 Å². The Hall–Kier alpha value is -1.75. The third kappa shape index (κ3) is 2.98. The van der Waals surface area contributed by atoms with Gasteiger partial charge in [-0.2, -0.15) is 0 Å². The molecular formula is C14H13BrFNO2. The standard InChI is InChI=1S/C14H13BrFNO2/c1-8(10-6-5-9(18)7-13(10)19)17-14-11(15)3-2-4-12(14)16/h2-8,17-19H,1H3. The van der Waals surface area contributed by atoms with E-state index >= 15 is 0 Å². The van der Waals surface area contributed by atoms with Crippen molar-refractivity contribution in [1.82, 2.24) is 0 Å². The maximum Gasteiger partial charge on any atom is 0.147 e. The minimum absolute atomic E-state index is 0.0134. The molecule has 0 fully saturated rings. The van der Waals surface area contributed by atoms with Crippen molar-refractivity contribution in [2.24, 2.45) is 0 Å². The lowest BCUT2D eigenvalue weighted by molar-refractivity contribution is 0.444. The van der Waals surface area contributed by atoms with Crippen LogP contribution in [0, 0.1) is 5.82 Å². The van der Waals surface area contributed by atoms with E-state index in [1.165, 1.54) is 18.2 Å². The van der Waals surface area contributed by atoms with E-state index in [0.29, 0.717) is 15.7 Å². The first-order chi connectivity index (χ1) is 8.99. The first kappa shape index (κ1) is 13.7. The van der Waals surface area contributed by atoms with Gasteiger partial charge < -0.3 is 15.5 Å². The van der Waals surface area contributed by atoms with E-state index in [1.807, 2.05) is 0 Å². The van der Waals surface area contributed by atoms with E-state index in [-0.39, 0.29) is 23.4 Å². The van der Waals surface area contributed by atoms with Crippen LogP contribution in [0.4, 0.5) is 10.1 Å². The largest absolute Gasteiger partial charge is 0.508 e. The van der Waals surface area contributed by atoms with Crippen molar-refractivity contribution in [3.8, 4) is 11.5 Å². The normalized spacial score (nSPS) is 12.2. The van der Waals surface area contributed by atoms with Crippen LogP contribution in [0.5, 0.6) is 11.5 Å². The Kier molecular flexibility index (Phi) is 3.95. The average Bonchev–Trinajstić information content (AvgIpc) is 2.33. The van der Waals surface area contributed by atoms with Crippen LogP contribution in [-0.2, 0) is 0 Å². The zero-order valence-electron chi connectivity index (χ0n) is 10.2. The molecule has 2 rings (SSSR count). The molecule has 0 heterocycles. The highest BCUT2D eigenvalue weighted by molar-refractivity contribution is 9.10. The number of hydrogen-bond donors (Lipinski definition) is 3. The van der Waals surface area contributed by atoms with Crippen LogP contribution >= 0.6 is 15.9 Å². The van der Waals surface area contributed by atoms with Gasteiger partial charge in [0.05, 0.1) is 11.7 Å². The zero-order chi connectivity index (χ0) is 14.0. The van der Waals surface area contributed by atoms with Gasteiger partial charge in [-0.25, -0.2) is 4.39 Å². The van der Waals surface area contributed by atoms with Crippen molar-refractivity contribution in [3.05, 3.63) is 52.3 Å². The summed E-state index contributed by atoms with van der Waals surface area (Å²) in [4.78, 5) is 0. The van der Waals surface area contributed by atoms with Crippen LogP contribution in [0.25, 0.3) is 0 Å². The van der Waals surface area contributed by atoms with E-state index in [1.54, 1.807) is 25.1 Å². The number of phenolic OH excluding ortho intramolecular Hbond substituents is 2. The molecule has 3 nitrogen and oxygen atoms in total. The third-order valence-corrected chi connectivity index (χ3v) is 3.46. The lowest BCUT2D eigenvalue weighted by atomic mass is 10.1. The zero-order valence-corrected chi connectivity index (χ0v) is 11.8. The number of phenols is 2. The highest BCUT2D eigenvalue weighted by atomic mass is 79.9. The molecule has 1 unspecified atom stereocenters. The second-order valence-corrected chi connectivity index (χ2v) is 5.06. The lowest BCUT2D eigenvalue weighted by Crippen LogP contribution is -2.08. The molecule has 2 aromatic rings. The number of aromatic hydroxyl groups is 2. The Balaban J connectivity index is 2.28. The molecule has 0 saturated heterocycles. The molecule has 0 spiro atoms. The summed E-state index contributed by atoms with van der Waals surface area (Å²) in [5.74, 6) is -0.424. The molecule has 3 N–H and O–H groups in total. The highest BCUT2D eigenvalue weighted by Gasteiger charge is 2.14. The number of para-hydroxylation sites is 1. The van der Waals surface area contributed by atoms with Gasteiger partial charge in [0, 0.05) is 16.1 Å². The lowest BCUT2D eigenvalue weighted by Gasteiger charge is -2.18. The van der Waals surface area contributed by atoms with Gasteiger partial charge in [-0.15, -0.1) is 0 Å². The summed E-state index contributed by atoms with van der Waals surface area (Å²) in [5, 5.41) is 22.0. The van der Waals surface area contributed by atoms with Gasteiger partial charge in [-0.3, -0.25) is 0 Å². The molecule has 5 heteroatoms. The first-order valence-corrected chi connectivity index (χ1v) is 6.50.